The van der Waals surface area contributed by atoms with E-state index in [1.807, 2.05) is 6.07 Å². The number of benzene rings is 2. The number of phenolic OH excluding ortho intramolecular Hbond substituents is 1. The number of para-hydroxylation sites is 2. The quantitative estimate of drug-likeness (QED) is 0.396. The second-order valence-corrected chi connectivity index (χ2v) is 8.42. The van der Waals surface area contributed by atoms with Crippen LogP contribution in [-0.2, 0) is 14.3 Å². The molecule has 0 aliphatic rings. The first-order chi connectivity index (χ1) is 16.7. The molecular weight excluding hydrogens is 472 g/mol. The van der Waals surface area contributed by atoms with Crippen LogP contribution in [0.1, 0.15) is 48.4 Å². The van der Waals surface area contributed by atoms with Crippen molar-refractivity contribution >= 4 is 45.8 Å². The number of hydrogen-bond donors (Lipinski definition) is 3. The maximum absolute atomic E-state index is 12.8. The first kappa shape index (κ1) is 25.4. The molecule has 1 aromatic heterocycles. The lowest BCUT2D eigenvalue weighted by Gasteiger charge is -2.09. The molecule has 0 aliphatic heterocycles. The Morgan fingerprint density at radius 3 is 2.31 bits per heavy atom. The number of nitrogens with one attached hydrogen (secondary N) is 2. The third kappa shape index (κ3) is 6.04. The van der Waals surface area contributed by atoms with E-state index in [0.717, 1.165) is 11.3 Å². The number of thiophene rings is 1. The Bertz CT molecular complexity index is 1270. The van der Waals surface area contributed by atoms with E-state index in [0.29, 0.717) is 16.8 Å². The summed E-state index contributed by atoms with van der Waals surface area (Å²) >= 11 is 0.906. The van der Waals surface area contributed by atoms with Crippen LogP contribution in [-0.4, -0.2) is 42.1 Å². The van der Waals surface area contributed by atoms with Gasteiger partial charge in [0, 0.05) is 5.69 Å². The van der Waals surface area contributed by atoms with Crippen molar-refractivity contribution in [2.24, 2.45) is 0 Å². The van der Waals surface area contributed by atoms with Gasteiger partial charge in [0.1, 0.15) is 16.3 Å². The highest BCUT2D eigenvalue weighted by Crippen LogP contribution is 2.34. The number of phenols is 1. The van der Waals surface area contributed by atoms with Gasteiger partial charge in [0.2, 0.25) is 0 Å². The van der Waals surface area contributed by atoms with Gasteiger partial charge in [-0.1, -0.05) is 30.3 Å². The van der Waals surface area contributed by atoms with Crippen LogP contribution >= 0.6 is 11.3 Å². The summed E-state index contributed by atoms with van der Waals surface area (Å²) in [5.41, 5.74) is 1.38. The molecule has 0 saturated heterocycles. The van der Waals surface area contributed by atoms with Gasteiger partial charge in [-0.2, -0.15) is 0 Å². The number of rotatable bonds is 8. The fourth-order valence-electron chi connectivity index (χ4n) is 3.17. The Balaban J connectivity index is 1.78. The minimum absolute atomic E-state index is 0.0473. The Morgan fingerprint density at radius 2 is 1.63 bits per heavy atom. The molecule has 10 heteroatoms. The lowest BCUT2D eigenvalue weighted by Crippen LogP contribution is -2.22. The number of carbonyl (C=O) groups excluding carboxylic acids is 4. The molecule has 0 unspecified atom stereocenters. The second kappa shape index (κ2) is 11.3. The van der Waals surface area contributed by atoms with Crippen LogP contribution in [0.2, 0.25) is 0 Å². The third-order valence-corrected chi connectivity index (χ3v) is 6.12. The van der Waals surface area contributed by atoms with Crippen molar-refractivity contribution in [1.29, 1.82) is 0 Å². The number of aromatic hydroxyl groups is 1. The smallest absolute Gasteiger partial charge is 0.342 e. The monoisotopic (exact) mass is 496 g/mol. The van der Waals surface area contributed by atoms with Crippen LogP contribution in [0, 0.1) is 13.8 Å². The van der Waals surface area contributed by atoms with E-state index in [2.05, 4.69) is 10.6 Å². The van der Waals surface area contributed by atoms with E-state index in [1.165, 1.54) is 6.07 Å². The normalized spacial score (nSPS) is 10.4. The van der Waals surface area contributed by atoms with E-state index in [4.69, 9.17) is 9.47 Å². The summed E-state index contributed by atoms with van der Waals surface area (Å²) in [6.45, 7) is 4.28. The number of anilines is 2. The van der Waals surface area contributed by atoms with Crippen LogP contribution in [0.4, 0.5) is 10.7 Å². The van der Waals surface area contributed by atoms with Gasteiger partial charge < -0.3 is 25.2 Å². The number of carbonyl (C=O) groups is 4. The van der Waals surface area contributed by atoms with Gasteiger partial charge >= 0.3 is 11.9 Å². The molecule has 0 fully saturated rings. The fraction of sp³-hybridized carbons (Fsp3) is 0.200. The lowest BCUT2D eigenvalue weighted by molar-refractivity contribution is -0.119. The average molecular weight is 497 g/mol. The summed E-state index contributed by atoms with van der Waals surface area (Å²) < 4.78 is 10.1. The highest BCUT2D eigenvalue weighted by atomic mass is 32.1. The van der Waals surface area contributed by atoms with Gasteiger partial charge in [0.25, 0.3) is 11.8 Å². The highest BCUT2D eigenvalue weighted by molar-refractivity contribution is 7.19. The zero-order valence-corrected chi connectivity index (χ0v) is 20.2. The van der Waals surface area contributed by atoms with E-state index < -0.39 is 30.4 Å². The van der Waals surface area contributed by atoms with Crippen molar-refractivity contribution in [2.45, 2.75) is 20.8 Å². The molecular formula is C25H24N2O7S. The summed E-state index contributed by atoms with van der Waals surface area (Å²) in [7, 11) is 0. The van der Waals surface area contributed by atoms with Gasteiger partial charge in [0.05, 0.1) is 17.0 Å². The molecule has 182 valence electrons. The lowest BCUT2D eigenvalue weighted by atomic mass is 10.1. The second-order valence-electron chi connectivity index (χ2n) is 7.40. The van der Waals surface area contributed by atoms with Gasteiger partial charge in [-0.15, -0.1) is 11.3 Å². The summed E-state index contributed by atoms with van der Waals surface area (Å²) in [4.78, 5) is 50.4. The van der Waals surface area contributed by atoms with Crippen molar-refractivity contribution in [2.75, 3.05) is 23.8 Å². The van der Waals surface area contributed by atoms with E-state index in [9.17, 15) is 24.3 Å². The maximum Gasteiger partial charge on any atom is 0.342 e. The predicted octanol–water partition coefficient (Wildman–Crippen LogP) is 4.30. The number of amides is 2. The van der Waals surface area contributed by atoms with Gasteiger partial charge in [0.15, 0.2) is 6.61 Å². The van der Waals surface area contributed by atoms with Crippen molar-refractivity contribution in [3.8, 4) is 5.75 Å². The SMILES string of the molecule is CCOC(=O)c1c(NC(=O)COC(=O)c2cccc(C)c2O)sc(C(=O)Nc2ccccc2)c1C. The van der Waals surface area contributed by atoms with E-state index in [1.54, 1.807) is 57.2 Å². The maximum atomic E-state index is 12.8. The Morgan fingerprint density at radius 1 is 0.914 bits per heavy atom. The minimum atomic E-state index is -0.878. The summed E-state index contributed by atoms with van der Waals surface area (Å²) in [5, 5.41) is 15.4. The van der Waals surface area contributed by atoms with Crippen LogP contribution in [0.5, 0.6) is 5.75 Å². The van der Waals surface area contributed by atoms with Gasteiger partial charge in [-0.05, 0) is 50.1 Å². The standard InChI is InChI=1S/C25H24N2O7S/c1-4-33-25(32)19-15(3)21(22(30)26-16-10-6-5-7-11-16)35-23(19)27-18(28)13-34-24(31)17-12-8-9-14(2)20(17)29/h5-12,29H,4,13H2,1-3H3,(H,26,30)(H,27,28). The van der Waals surface area contributed by atoms with Gasteiger partial charge in [-0.25, -0.2) is 9.59 Å². The third-order valence-electron chi connectivity index (χ3n) is 4.91. The average Bonchev–Trinajstić information content (AvgIpc) is 3.15. The highest BCUT2D eigenvalue weighted by Gasteiger charge is 2.27. The van der Waals surface area contributed by atoms with E-state index >= 15 is 0 Å². The molecule has 3 aromatic rings. The van der Waals surface area contributed by atoms with Crippen LogP contribution in [0.25, 0.3) is 0 Å². The molecule has 3 N–H and O–H groups in total. The molecule has 1 heterocycles. The zero-order chi connectivity index (χ0) is 25.5. The van der Waals surface area contributed by atoms with Crippen molar-refractivity contribution in [1.82, 2.24) is 0 Å². The van der Waals surface area contributed by atoms with E-state index in [-0.39, 0.29) is 33.4 Å². The zero-order valence-electron chi connectivity index (χ0n) is 19.3. The molecule has 35 heavy (non-hydrogen) atoms. The van der Waals surface area contributed by atoms with Crippen molar-refractivity contribution in [3.63, 3.8) is 0 Å². The molecule has 0 radical (unpaired) electrons. The molecule has 3 rings (SSSR count). The molecule has 0 aliphatic carbocycles. The summed E-state index contributed by atoms with van der Waals surface area (Å²) in [6, 6.07) is 13.4. The first-order valence-corrected chi connectivity index (χ1v) is 11.5. The molecule has 9 nitrogen and oxygen atoms in total. The predicted molar refractivity (Wildman–Crippen MR) is 131 cm³/mol. The number of aryl methyl sites for hydroxylation is 1. The molecule has 0 saturated carbocycles. The number of hydrogen-bond acceptors (Lipinski definition) is 8. The minimum Gasteiger partial charge on any atom is -0.507 e. The largest absolute Gasteiger partial charge is 0.507 e. The summed E-state index contributed by atoms with van der Waals surface area (Å²) in [6.07, 6.45) is 0. The molecule has 0 spiro atoms. The number of esters is 2. The Kier molecular flexibility index (Phi) is 8.21. The van der Waals surface area contributed by atoms with Crippen molar-refractivity contribution in [3.05, 3.63) is 75.7 Å². The number of ether oxygens (including phenoxy) is 2. The first-order valence-electron chi connectivity index (χ1n) is 10.6. The molecule has 2 aromatic carbocycles. The van der Waals surface area contributed by atoms with Crippen LogP contribution in [0.15, 0.2) is 48.5 Å². The topological polar surface area (TPSA) is 131 Å². The fourth-order valence-corrected chi connectivity index (χ4v) is 4.28. The van der Waals surface area contributed by atoms with Crippen LogP contribution < -0.4 is 10.6 Å². The Labute approximate surface area is 205 Å². The molecule has 2 amide bonds. The van der Waals surface area contributed by atoms with Crippen LogP contribution in [0.3, 0.4) is 0 Å². The van der Waals surface area contributed by atoms with Gasteiger partial charge in [-0.3, -0.25) is 9.59 Å². The summed E-state index contributed by atoms with van der Waals surface area (Å²) in [5.74, 6) is -2.99. The molecule has 0 bridgehead atoms. The molecule has 0 atom stereocenters. The Hall–Kier alpha value is -4.18. The van der Waals surface area contributed by atoms with Crippen molar-refractivity contribution < 1.29 is 33.8 Å².